The highest BCUT2D eigenvalue weighted by Crippen LogP contribution is 2.33. The maximum Gasteiger partial charge on any atom is 0.264 e. The molecule has 0 atom stereocenters. The van der Waals surface area contributed by atoms with Crippen LogP contribution in [0.3, 0.4) is 0 Å². The molecule has 0 spiro atoms. The highest BCUT2D eigenvalue weighted by molar-refractivity contribution is 7.92. The molecule has 0 bridgehead atoms. The van der Waals surface area contributed by atoms with Gasteiger partial charge >= 0.3 is 0 Å². The van der Waals surface area contributed by atoms with E-state index in [-0.39, 0.29) is 17.3 Å². The lowest BCUT2D eigenvalue weighted by molar-refractivity contribution is -0.119. The van der Waals surface area contributed by atoms with Crippen molar-refractivity contribution in [3.05, 3.63) is 54.1 Å². The van der Waals surface area contributed by atoms with E-state index in [9.17, 15) is 13.2 Å². The van der Waals surface area contributed by atoms with Gasteiger partial charge in [-0.15, -0.1) is 0 Å². The van der Waals surface area contributed by atoms with Gasteiger partial charge < -0.3 is 10.1 Å². The third-order valence-corrected chi connectivity index (χ3v) is 5.85. The van der Waals surface area contributed by atoms with Crippen LogP contribution in [0.5, 0.6) is 5.75 Å². The number of sulfonamides is 1. The smallest absolute Gasteiger partial charge is 0.264 e. The van der Waals surface area contributed by atoms with Gasteiger partial charge in [0.15, 0.2) is 0 Å². The first kappa shape index (κ1) is 20.8. The number of rotatable bonds is 9. The molecule has 0 aromatic heterocycles. The van der Waals surface area contributed by atoms with Gasteiger partial charge in [-0.3, -0.25) is 9.10 Å². The monoisotopic (exact) mass is 390 g/mol. The van der Waals surface area contributed by atoms with E-state index in [1.807, 2.05) is 19.9 Å². The Morgan fingerprint density at radius 1 is 1.15 bits per heavy atom. The fraction of sp³-hybridized carbons (Fsp3) is 0.350. The molecular weight excluding hydrogens is 364 g/mol. The van der Waals surface area contributed by atoms with Crippen LogP contribution < -0.4 is 14.4 Å². The Morgan fingerprint density at radius 2 is 1.85 bits per heavy atom. The lowest BCUT2D eigenvalue weighted by Gasteiger charge is -2.26. The maximum absolute atomic E-state index is 13.3. The van der Waals surface area contributed by atoms with Crippen LogP contribution in [0.2, 0.25) is 0 Å². The van der Waals surface area contributed by atoms with Gasteiger partial charge in [0.05, 0.1) is 17.7 Å². The Balaban J connectivity index is 2.46. The number of hydrogen-bond donors (Lipinski definition) is 1. The number of anilines is 1. The lowest BCUT2D eigenvalue weighted by Crippen LogP contribution is -2.41. The van der Waals surface area contributed by atoms with E-state index in [1.54, 1.807) is 30.3 Å². The van der Waals surface area contributed by atoms with Gasteiger partial charge in [0.2, 0.25) is 5.91 Å². The van der Waals surface area contributed by atoms with E-state index in [0.29, 0.717) is 18.0 Å². The van der Waals surface area contributed by atoms with Gasteiger partial charge in [0.25, 0.3) is 10.0 Å². The minimum atomic E-state index is -3.94. The predicted octanol–water partition coefficient (Wildman–Crippen LogP) is 3.12. The first-order valence-corrected chi connectivity index (χ1v) is 10.3. The summed E-state index contributed by atoms with van der Waals surface area (Å²) in [7, 11) is -2.46. The topological polar surface area (TPSA) is 75.7 Å². The second kappa shape index (κ2) is 9.41. The molecule has 1 amide bonds. The summed E-state index contributed by atoms with van der Waals surface area (Å²) in [6.45, 7) is 4.08. The first-order chi connectivity index (χ1) is 12.9. The summed E-state index contributed by atoms with van der Waals surface area (Å²) in [5.74, 6) is 0.0352. The van der Waals surface area contributed by atoms with Crippen molar-refractivity contribution in [1.82, 2.24) is 5.32 Å². The van der Waals surface area contributed by atoms with Crippen LogP contribution >= 0.6 is 0 Å². The van der Waals surface area contributed by atoms with Gasteiger partial charge in [-0.2, -0.15) is 0 Å². The van der Waals surface area contributed by atoms with E-state index < -0.39 is 10.0 Å². The summed E-state index contributed by atoms with van der Waals surface area (Å²) in [5.41, 5.74) is 1.21. The molecular formula is C20H26N2O4S. The van der Waals surface area contributed by atoms with Gasteiger partial charge in [0.1, 0.15) is 12.3 Å². The highest BCUT2D eigenvalue weighted by Gasteiger charge is 2.29. The lowest BCUT2D eigenvalue weighted by atomic mass is 10.2. The molecule has 2 rings (SSSR count). The number of aryl methyl sites for hydroxylation is 1. The van der Waals surface area contributed by atoms with Gasteiger partial charge in [-0.25, -0.2) is 8.42 Å². The fourth-order valence-electron chi connectivity index (χ4n) is 2.61. The van der Waals surface area contributed by atoms with Crippen molar-refractivity contribution in [2.24, 2.45) is 0 Å². The quantitative estimate of drug-likeness (QED) is 0.668. The second-order valence-electron chi connectivity index (χ2n) is 6.20. The van der Waals surface area contributed by atoms with Crippen LogP contribution in [0.15, 0.2) is 53.4 Å². The number of benzene rings is 2. The van der Waals surface area contributed by atoms with Crippen molar-refractivity contribution < 1.29 is 17.9 Å². The van der Waals surface area contributed by atoms with Crippen LogP contribution in [0, 0.1) is 6.92 Å². The van der Waals surface area contributed by atoms with Crippen LogP contribution in [0.1, 0.15) is 25.3 Å². The summed E-state index contributed by atoms with van der Waals surface area (Å²) >= 11 is 0. The summed E-state index contributed by atoms with van der Waals surface area (Å²) < 4.78 is 33.0. The molecule has 2 aromatic carbocycles. The minimum absolute atomic E-state index is 0.120. The third kappa shape index (κ3) is 5.23. The molecule has 146 valence electrons. The van der Waals surface area contributed by atoms with Crippen molar-refractivity contribution in [1.29, 1.82) is 0 Å². The Hall–Kier alpha value is -2.54. The second-order valence-corrected chi connectivity index (χ2v) is 8.07. The molecule has 0 radical (unpaired) electrons. The number of carbonyl (C=O) groups is 1. The molecule has 0 saturated carbocycles. The number of nitrogens with one attached hydrogen (secondary N) is 1. The number of nitrogens with zero attached hydrogens (tertiary/aromatic N) is 1. The van der Waals surface area contributed by atoms with Gasteiger partial charge in [0, 0.05) is 6.54 Å². The van der Waals surface area contributed by atoms with Crippen LogP contribution in [0.25, 0.3) is 0 Å². The average molecular weight is 391 g/mol. The van der Waals surface area contributed by atoms with Gasteiger partial charge in [-0.05, 0) is 43.2 Å². The molecule has 0 aliphatic heterocycles. The number of amides is 1. The first-order valence-electron chi connectivity index (χ1n) is 8.89. The summed E-state index contributed by atoms with van der Waals surface area (Å²) in [6, 6.07) is 13.3. The number of unbranched alkanes of at least 4 members (excludes halogenated alkanes) is 1. The normalized spacial score (nSPS) is 11.1. The molecule has 0 saturated heterocycles. The Labute approximate surface area is 161 Å². The fourth-order valence-corrected chi connectivity index (χ4v) is 4.05. The highest BCUT2D eigenvalue weighted by atomic mass is 32.2. The molecule has 7 heteroatoms. The molecule has 6 nitrogen and oxygen atoms in total. The summed E-state index contributed by atoms with van der Waals surface area (Å²) in [4.78, 5) is 12.5. The average Bonchev–Trinajstić information content (AvgIpc) is 2.67. The van der Waals surface area contributed by atoms with Crippen molar-refractivity contribution in [3.8, 4) is 5.75 Å². The van der Waals surface area contributed by atoms with Crippen molar-refractivity contribution in [2.75, 3.05) is 24.5 Å². The number of ether oxygens (including phenoxy) is 1. The Kier molecular flexibility index (Phi) is 7.24. The molecule has 0 aliphatic carbocycles. The Morgan fingerprint density at radius 3 is 2.48 bits per heavy atom. The number of methoxy groups -OCH3 is 1. The summed E-state index contributed by atoms with van der Waals surface area (Å²) in [5, 5.41) is 2.77. The molecule has 27 heavy (non-hydrogen) atoms. The van der Waals surface area contributed by atoms with E-state index in [0.717, 1.165) is 22.7 Å². The third-order valence-electron chi connectivity index (χ3n) is 4.07. The van der Waals surface area contributed by atoms with Crippen molar-refractivity contribution in [3.63, 3.8) is 0 Å². The largest absolute Gasteiger partial charge is 0.495 e. The molecule has 0 heterocycles. The number of hydrogen-bond acceptors (Lipinski definition) is 4. The zero-order chi connectivity index (χ0) is 19.9. The van der Waals surface area contributed by atoms with E-state index >= 15 is 0 Å². The van der Waals surface area contributed by atoms with Crippen LogP contribution in [-0.4, -0.2) is 34.5 Å². The van der Waals surface area contributed by atoms with Crippen LogP contribution in [0.4, 0.5) is 5.69 Å². The minimum Gasteiger partial charge on any atom is -0.495 e. The van der Waals surface area contributed by atoms with Gasteiger partial charge in [-0.1, -0.05) is 37.6 Å². The zero-order valence-corrected chi connectivity index (χ0v) is 16.8. The SMILES string of the molecule is CCCCNC(=O)CN(c1cc(C)ccc1OC)S(=O)(=O)c1ccccc1. The Bertz CT molecular complexity index is 867. The van der Waals surface area contributed by atoms with E-state index in [4.69, 9.17) is 4.74 Å². The zero-order valence-electron chi connectivity index (χ0n) is 15.9. The van der Waals surface area contributed by atoms with Crippen molar-refractivity contribution in [2.45, 2.75) is 31.6 Å². The molecule has 2 aromatic rings. The standard InChI is InChI=1S/C20H26N2O4S/c1-4-5-13-21-20(23)15-22(18-14-16(2)11-12-19(18)26-3)27(24,25)17-9-7-6-8-10-17/h6-12,14H,4-5,13,15H2,1-3H3,(H,21,23). The molecule has 0 unspecified atom stereocenters. The van der Waals surface area contributed by atoms with Crippen molar-refractivity contribution >= 4 is 21.6 Å². The van der Waals surface area contributed by atoms with E-state index in [1.165, 1.54) is 19.2 Å². The van der Waals surface area contributed by atoms with Crippen LogP contribution in [-0.2, 0) is 14.8 Å². The maximum atomic E-state index is 13.3. The predicted molar refractivity (Wildman–Crippen MR) is 107 cm³/mol. The number of carbonyl (C=O) groups excluding carboxylic acids is 1. The molecule has 1 N–H and O–H groups in total. The molecule has 0 aliphatic rings. The molecule has 0 fully saturated rings. The van der Waals surface area contributed by atoms with E-state index in [2.05, 4.69) is 5.32 Å². The summed E-state index contributed by atoms with van der Waals surface area (Å²) in [6.07, 6.45) is 1.78.